The number of amides is 1. The summed E-state index contributed by atoms with van der Waals surface area (Å²) in [5.74, 6) is 1.07. The molecule has 1 aromatic heterocycles. The highest BCUT2D eigenvalue weighted by atomic mass is 16.2. The van der Waals surface area contributed by atoms with Gasteiger partial charge in [-0.3, -0.25) is 4.79 Å². The third kappa shape index (κ3) is 3.71. The van der Waals surface area contributed by atoms with E-state index in [1.54, 1.807) is 18.9 Å². The van der Waals surface area contributed by atoms with E-state index in [4.69, 9.17) is 5.73 Å². The van der Waals surface area contributed by atoms with Gasteiger partial charge in [0.15, 0.2) is 0 Å². The zero-order valence-electron chi connectivity index (χ0n) is 12.8. The Morgan fingerprint density at radius 3 is 2.67 bits per heavy atom. The molecule has 3 N–H and O–H groups in total. The van der Waals surface area contributed by atoms with Gasteiger partial charge in [-0.25, -0.2) is 0 Å². The topological polar surface area (TPSA) is 100 Å². The molecular formula is C13H23N7O. The minimum Gasteiger partial charge on any atom is -0.368 e. The summed E-state index contributed by atoms with van der Waals surface area (Å²) in [5, 5.41) is 3.00. The molecule has 8 nitrogen and oxygen atoms in total. The maximum atomic E-state index is 12.1. The number of nitrogens with two attached hydrogens (primary N) is 1. The largest absolute Gasteiger partial charge is 0.368 e. The molecular weight excluding hydrogens is 270 g/mol. The fourth-order valence-corrected chi connectivity index (χ4v) is 2.25. The maximum absolute atomic E-state index is 12.1. The summed E-state index contributed by atoms with van der Waals surface area (Å²) in [5.41, 5.74) is 5.74. The number of hydrogen-bond donors (Lipinski definition) is 2. The molecule has 0 saturated carbocycles. The van der Waals surface area contributed by atoms with Crippen LogP contribution < -0.4 is 16.0 Å². The highest BCUT2D eigenvalue weighted by molar-refractivity contribution is 5.83. The van der Waals surface area contributed by atoms with Crippen molar-refractivity contribution in [3.63, 3.8) is 0 Å². The molecule has 1 aliphatic rings. The van der Waals surface area contributed by atoms with Crippen LogP contribution in [0.5, 0.6) is 0 Å². The second-order valence-corrected chi connectivity index (χ2v) is 5.23. The highest BCUT2D eigenvalue weighted by Crippen LogP contribution is 2.18. The molecule has 8 heteroatoms. The first kappa shape index (κ1) is 15.3. The summed E-state index contributed by atoms with van der Waals surface area (Å²) >= 11 is 0. The van der Waals surface area contributed by atoms with Crippen LogP contribution >= 0.6 is 0 Å². The molecule has 1 aliphatic heterocycles. The van der Waals surface area contributed by atoms with Gasteiger partial charge in [-0.1, -0.05) is 0 Å². The Labute approximate surface area is 124 Å². The molecule has 1 aromatic rings. The normalized spacial score (nSPS) is 15.9. The first-order valence-corrected chi connectivity index (χ1v) is 7.29. The Balaban J connectivity index is 2.10. The van der Waals surface area contributed by atoms with Gasteiger partial charge in [0, 0.05) is 26.7 Å². The number of rotatable bonds is 5. The van der Waals surface area contributed by atoms with E-state index in [2.05, 4.69) is 25.2 Å². The van der Waals surface area contributed by atoms with E-state index < -0.39 is 6.04 Å². The van der Waals surface area contributed by atoms with E-state index in [0.717, 1.165) is 25.9 Å². The summed E-state index contributed by atoms with van der Waals surface area (Å²) in [6, 6.07) is -0.414. The molecule has 0 aliphatic carbocycles. The van der Waals surface area contributed by atoms with Gasteiger partial charge in [-0.05, 0) is 26.7 Å². The standard InChI is InChI=1S/C13H23N7O/c1-4-19(3)10(21)9(2)15-12-16-11(14)17-13(18-12)20-7-5-6-8-20/h9H,4-8H2,1-3H3,(H3,14,15,16,17,18). The molecule has 0 bridgehead atoms. The van der Waals surface area contributed by atoms with Gasteiger partial charge in [0.05, 0.1) is 0 Å². The number of likely N-dealkylation sites (N-methyl/N-ethyl adjacent to an activating group) is 1. The Morgan fingerprint density at radius 2 is 2.05 bits per heavy atom. The average Bonchev–Trinajstić information content (AvgIpc) is 2.99. The third-order valence-electron chi connectivity index (χ3n) is 3.60. The molecule has 1 amide bonds. The first-order valence-electron chi connectivity index (χ1n) is 7.29. The zero-order valence-corrected chi connectivity index (χ0v) is 12.8. The molecule has 1 saturated heterocycles. The number of carbonyl (C=O) groups excluding carboxylic acids is 1. The van der Waals surface area contributed by atoms with Crippen molar-refractivity contribution in [2.75, 3.05) is 42.6 Å². The lowest BCUT2D eigenvalue weighted by atomic mass is 10.3. The lowest BCUT2D eigenvalue weighted by Crippen LogP contribution is -2.39. The molecule has 1 unspecified atom stereocenters. The van der Waals surface area contributed by atoms with Crippen molar-refractivity contribution in [2.45, 2.75) is 32.7 Å². The summed E-state index contributed by atoms with van der Waals surface area (Å²) in [4.78, 5) is 28.4. The lowest BCUT2D eigenvalue weighted by molar-refractivity contribution is -0.130. The van der Waals surface area contributed by atoms with Crippen LogP contribution in [0.15, 0.2) is 0 Å². The van der Waals surface area contributed by atoms with E-state index in [1.165, 1.54) is 0 Å². The minimum absolute atomic E-state index is 0.0146. The second kappa shape index (κ2) is 6.55. The van der Waals surface area contributed by atoms with E-state index in [9.17, 15) is 4.79 Å². The first-order chi connectivity index (χ1) is 10.0. The van der Waals surface area contributed by atoms with Crippen LogP contribution in [0.4, 0.5) is 17.8 Å². The summed E-state index contributed by atoms with van der Waals surface area (Å²) in [6.45, 7) is 6.22. The van der Waals surface area contributed by atoms with Crippen LogP contribution in [0.2, 0.25) is 0 Å². The summed E-state index contributed by atoms with van der Waals surface area (Å²) in [6.07, 6.45) is 2.26. The molecule has 2 heterocycles. The monoisotopic (exact) mass is 293 g/mol. The number of hydrogen-bond acceptors (Lipinski definition) is 7. The molecule has 21 heavy (non-hydrogen) atoms. The number of anilines is 3. The van der Waals surface area contributed by atoms with E-state index in [1.807, 2.05) is 6.92 Å². The molecule has 116 valence electrons. The maximum Gasteiger partial charge on any atom is 0.244 e. The van der Waals surface area contributed by atoms with Gasteiger partial charge in [0.25, 0.3) is 0 Å². The van der Waals surface area contributed by atoms with Gasteiger partial charge in [-0.15, -0.1) is 0 Å². The quantitative estimate of drug-likeness (QED) is 0.807. The van der Waals surface area contributed by atoms with Crippen molar-refractivity contribution in [3.05, 3.63) is 0 Å². The van der Waals surface area contributed by atoms with Crippen molar-refractivity contribution >= 4 is 23.8 Å². The number of nitrogens with zero attached hydrogens (tertiary/aromatic N) is 5. The van der Waals surface area contributed by atoms with E-state index in [0.29, 0.717) is 18.4 Å². The Hall–Kier alpha value is -2.12. The zero-order chi connectivity index (χ0) is 15.4. The average molecular weight is 293 g/mol. The van der Waals surface area contributed by atoms with Crippen LogP contribution in [-0.2, 0) is 4.79 Å². The number of aromatic nitrogens is 3. The van der Waals surface area contributed by atoms with Crippen LogP contribution in [0.25, 0.3) is 0 Å². The molecule has 1 atom stereocenters. The van der Waals surface area contributed by atoms with Gasteiger partial charge in [-0.2, -0.15) is 15.0 Å². The van der Waals surface area contributed by atoms with Gasteiger partial charge < -0.3 is 20.9 Å². The molecule has 0 radical (unpaired) electrons. The smallest absolute Gasteiger partial charge is 0.244 e. The Bertz CT molecular complexity index is 501. The Morgan fingerprint density at radius 1 is 1.38 bits per heavy atom. The van der Waals surface area contributed by atoms with Crippen LogP contribution in [-0.4, -0.2) is 58.5 Å². The second-order valence-electron chi connectivity index (χ2n) is 5.23. The van der Waals surface area contributed by atoms with Gasteiger partial charge >= 0.3 is 0 Å². The molecule has 0 aromatic carbocycles. The number of carbonyl (C=O) groups is 1. The molecule has 0 spiro atoms. The van der Waals surface area contributed by atoms with Gasteiger partial charge in [0.1, 0.15) is 6.04 Å². The third-order valence-corrected chi connectivity index (χ3v) is 3.60. The fraction of sp³-hybridized carbons (Fsp3) is 0.692. The number of nitrogens with one attached hydrogen (secondary N) is 1. The SMILES string of the molecule is CCN(C)C(=O)C(C)Nc1nc(N)nc(N2CCCC2)n1. The fourth-order valence-electron chi connectivity index (χ4n) is 2.25. The number of nitrogen functional groups attached to an aromatic ring is 1. The van der Waals surface area contributed by atoms with Crippen LogP contribution in [0.3, 0.4) is 0 Å². The Kier molecular flexibility index (Phi) is 4.77. The van der Waals surface area contributed by atoms with Crippen LogP contribution in [0, 0.1) is 0 Å². The predicted octanol–water partition coefficient (Wildman–Crippen LogP) is 0.333. The van der Waals surface area contributed by atoms with Crippen LogP contribution in [0.1, 0.15) is 26.7 Å². The van der Waals surface area contributed by atoms with Gasteiger partial charge in [0.2, 0.25) is 23.8 Å². The van der Waals surface area contributed by atoms with Crippen molar-refractivity contribution < 1.29 is 4.79 Å². The minimum atomic E-state index is -0.414. The van der Waals surface area contributed by atoms with Crippen molar-refractivity contribution in [1.29, 1.82) is 0 Å². The lowest BCUT2D eigenvalue weighted by Gasteiger charge is -2.21. The summed E-state index contributed by atoms with van der Waals surface area (Å²) in [7, 11) is 1.76. The van der Waals surface area contributed by atoms with Crippen molar-refractivity contribution in [3.8, 4) is 0 Å². The van der Waals surface area contributed by atoms with E-state index in [-0.39, 0.29) is 11.9 Å². The highest BCUT2D eigenvalue weighted by Gasteiger charge is 2.20. The van der Waals surface area contributed by atoms with E-state index >= 15 is 0 Å². The van der Waals surface area contributed by atoms with Crippen molar-refractivity contribution in [2.24, 2.45) is 0 Å². The summed E-state index contributed by atoms with van der Waals surface area (Å²) < 4.78 is 0. The molecule has 2 rings (SSSR count). The predicted molar refractivity (Wildman–Crippen MR) is 82.1 cm³/mol. The molecule has 1 fully saturated rings. The van der Waals surface area contributed by atoms with Crippen molar-refractivity contribution in [1.82, 2.24) is 19.9 Å².